The second-order valence-electron chi connectivity index (χ2n) is 3.94. The number of hydrogen-bond donors (Lipinski definition) is 2. The quantitative estimate of drug-likeness (QED) is 0.817. The maximum atomic E-state index is 5.76. The van der Waals surface area contributed by atoms with Crippen molar-refractivity contribution in [3.05, 3.63) is 5.28 Å². The second kappa shape index (κ2) is 5.27. The summed E-state index contributed by atoms with van der Waals surface area (Å²) in [6, 6.07) is 0. The minimum atomic E-state index is -0.273. The van der Waals surface area contributed by atoms with Crippen LogP contribution in [0, 0.1) is 0 Å². The number of aromatic nitrogens is 3. The number of nitrogens with one attached hydrogen (secondary N) is 2. The monoisotopic (exact) mass is 245 g/mol. The molecule has 1 heterocycles. The van der Waals surface area contributed by atoms with Crippen molar-refractivity contribution in [3.63, 3.8) is 0 Å². The van der Waals surface area contributed by atoms with Gasteiger partial charge in [-0.25, -0.2) is 0 Å². The zero-order valence-corrected chi connectivity index (χ0v) is 10.6. The summed E-state index contributed by atoms with van der Waals surface area (Å²) in [6.07, 6.45) is 0. The molecule has 1 aromatic rings. The number of nitrogens with zero attached hydrogens (tertiary/aromatic N) is 3. The Morgan fingerprint density at radius 3 is 2.44 bits per heavy atom. The van der Waals surface area contributed by atoms with E-state index in [1.165, 1.54) is 0 Å². The molecule has 0 saturated heterocycles. The lowest BCUT2D eigenvalue weighted by molar-refractivity contribution is 0.158. The summed E-state index contributed by atoms with van der Waals surface area (Å²) in [6.45, 7) is 4.49. The highest BCUT2D eigenvalue weighted by Crippen LogP contribution is 2.14. The van der Waals surface area contributed by atoms with Gasteiger partial charge in [-0.15, -0.1) is 0 Å². The third-order valence-corrected chi connectivity index (χ3v) is 1.96. The van der Waals surface area contributed by atoms with E-state index in [0.717, 1.165) is 0 Å². The molecule has 7 heteroatoms. The molecule has 0 saturated carbocycles. The van der Waals surface area contributed by atoms with Crippen LogP contribution in [-0.2, 0) is 4.74 Å². The van der Waals surface area contributed by atoms with Gasteiger partial charge in [0.25, 0.3) is 0 Å². The number of halogens is 1. The summed E-state index contributed by atoms with van der Waals surface area (Å²) >= 11 is 5.76. The number of hydrogen-bond acceptors (Lipinski definition) is 6. The SMILES string of the molecule is CNc1nc(Cl)nc(NC(C)(C)COC)n1. The lowest BCUT2D eigenvalue weighted by Crippen LogP contribution is -2.36. The smallest absolute Gasteiger partial charge is 0.229 e. The van der Waals surface area contributed by atoms with E-state index < -0.39 is 0 Å². The maximum Gasteiger partial charge on any atom is 0.229 e. The molecule has 0 bridgehead atoms. The van der Waals surface area contributed by atoms with Crippen LogP contribution in [0.3, 0.4) is 0 Å². The minimum absolute atomic E-state index is 0.148. The first kappa shape index (κ1) is 12.9. The Balaban J connectivity index is 2.84. The Morgan fingerprint density at radius 1 is 1.25 bits per heavy atom. The summed E-state index contributed by atoms with van der Waals surface area (Å²) in [4.78, 5) is 12.0. The molecule has 0 fully saturated rings. The van der Waals surface area contributed by atoms with E-state index in [2.05, 4.69) is 25.6 Å². The molecule has 0 atom stereocenters. The van der Waals surface area contributed by atoms with Crippen LogP contribution < -0.4 is 10.6 Å². The average molecular weight is 246 g/mol. The highest BCUT2D eigenvalue weighted by Gasteiger charge is 2.19. The first-order valence-electron chi connectivity index (χ1n) is 4.83. The van der Waals surface area contributed by atoms with Crippen LogP contribution in [0.25, 0.3) is 0 Å². The molecule has 1 aromatic heterocycles. The van der Waals surface area contributed by atoms with Crippen LogP contribution in [0.2, 0.25) is 5.28 Å². The van der Waals surface area contributed by atoms with Gasteiger partial charge in [0.2, 0.25) is 17.2 Å². The van der Waals surface area contributed by atoms with E-state index >= 15 is 0 Å². The van der Waals surface area contributed by atoms with Gasteiger partial charge in [-0.05, 0) is 25.4 Å². The molecular weight excluding hydrogens is 230 g/mol. The summed E-state index contributed by atoms with van der Waals surface area (Å²) in [5.74, 6) is 0.849. The first-order chi connectivity index (χ1) is 7.46. The fraction of sp³-hybridized carbons (Fsp3) is 0.667. The Labute approximate surface area is 99.8 Å². The lowest BCUT2D eigenvalue weighted by Gasteiger charge is -2.25. The molecule has 6 nitrogen and oxygen atoms in total. The topological polar surface area (TPSA) is 72.0 Å². The molecule has 0 unspecified atom stereocenters. The Morgan fingerprint density at radius 2 is 1.88 bits per heavy atom. The van der Waals surface area contributed by atoms with Gasteiger partial charge in [0.1, 0.15) is 0 Å². The zero-order valence-electron chi connectivity index (χ0n) is 9.83. The minimum Gasteiger partial charge on any atom is -0.382 e. The van der Waals surface area contributed by atoms with E-state index in [1.54, 1.807) is 14.2 Å². The van der Waals surface area contributed by atoms with E-state index in [4.69, 9.17) is 16.3 Å². The zero-order chi connectivity index (χ0) is 12.2. The predicted molar refractivity (Wildman–Crippen MR) is 64.0 cm³/mol. The van der Waals surface area contributed by atoms with Crippen molar-refractivity contribution in [2.45, 2.75) is 19.4 Å². The van der Waals surface area contributed by atoms with Crippen molar-refractivity contribution >= 4 is 23.5 Å². The lowest BCUT2D eigenvalue weighted by atomic mass is 10.1. The fourth-order valence-corrected chi connectivity index (χ4v) is 1.38. The average Bonchev–Trinajstić information content (AvgIpc) is 2.15. The van der Waals surface area contributed by atoms with Gasteiger partial charge >= 0.3 is 0 Å². The molecule has 0 aliphatic heterocycles. The van der Waals surface area contributed by atoms with Crippen molar-refractivity contribution < 1.29 is 4.74 Å². The van der Waals surface area contributed by atoms with Crippen molar-refractivity contribution in [1.29, 1.82) is 0 Å². The van der Waals surface area contributed by atoms with Crippen LogP contribution in [0.15, 0.2) is 0 Å². The highest BCUT2D eigenvalue weighted by atomic mass is 35.5. The molecule has 0 aliphatic carbocycles. The van der Waals surface area contributed by atoms with Crippen LogP contribution in [0.5, 0.6) is 0 Å². The van der Waals surface area contributed by atoms with E-state index in [1.807, 2.05) is 13.8 Å². The van der Waals surface area contributed by atoms with Gasteiger partial charge in [0.15, 0.2) is 0 Å². The second-order valence-corrected chi connectivity index (χ2v) is 4.28. The van der Waals surface area contributed by atoms with Crippen LogP contribution in [0.4, 0.5) is 11.9 Å². The Hall–Kier alpha value is -1.14. The maximum absolute atomic E-state index is 5.76. The Bertz CT molecular complexity index is 358. The number of ether oxygens (including phenoxy) is 1. The standard InChI is InChI=1S/C9H16ClN5O/c1-9(2,5-16-4)15-8-13-6(10)12-7(11-3)14-8/h5H2,1-4H3,(H2,11,12,13,14,15). The largest absolute Gasteiger partial charge is 0.382 e. The molecule has 16 heavy (non-hydrogen) atoms. The summed E-state index contributed by atoms with van der Waals surface area (Å²) in [5, 5.41) is 6.08. The summed E-state index contributed by atoms with van der Waals surface area (Å²) in [7, 11) is 3.36. The van der Waals surface area contributed by atoms with Crippen molar-refractivity contribution in [3.8, 4) is 0 Å². The van der Waals surface area contributed by atoms with Crippen LogP contribution >= 0.6 is 11.6 Å². The van der Waals surface area contributed by atoms with E-state index in [-0.39, 0.29) is 10.8 Å². The van der Waals surface area contributed by atoms with Gasteiger partial charge in [-0.1, -0.05) is 0 Å². The van der Waals surface area contributed by atoms with Gasteiger partial charge in [-0.2, -0.15) is 15.0 Å². The molecule has 0 radical (unpaired) electrons. The predicted octanol–water partition coefficient (Wildman–Crippen LogP) is 1.40. The third-order valence-electron chi connectivity index (χ3n) is 1.79. The van der Waals surface area contributed by atoms with Crippen LogP contribution in [0.1, 0.15) is 13.8 Å². The highest BCUT2D eigenvalue weighted by molar-refractivity contribution is 6.28. The van der Waals surface area contributed by atoms with Gasteiger partial charge in [-0.3, -0.25) is 0 Å². The normalized spacial score (nSPS) is 11.3. The molecule has 2 N–H and O–H groups in total. The van der Waals surface area contributed by atoms with Crippen LogP contribution in [-0.4, -0.2) is 41.3 Å². The Kier molecular flexibility index (Phi) is 4.26. The van der Waals surface area contributed by atoms with Crippen molar-refractivity contribution in [2.75, 3.05) is 31.4 Å². The van der Waals surface area contributed by atoms with Gasteiger partial charge in [0.05, 0.1) is 12.1 Å². The van der Waals surface area contributed by atoms with E-state index in [0.29, 0.717) is 18.5 Å². The van der Waals surface area contributed by atoms with Gasteiger partial charge in [0, 0.05) is 14.2 Å². The molecule has 90 valence electrons. The number of methoxy groups -OCH3 is 1. The summed E-state index contributed by atoms with van der Waals surface area (Å²) in [5.41, 5.74) is -0.273. The molecule has 1 rings (SSSR count). The first-order valence-corrected chi connectivity index (χ1v) is 5.21. The molecular formula is C9H16ClN5O. The molecule has 0 amide bonds. The van der Waals surface area contributed by atoms with Crippen molar-refractivity contribution in [1.82, 2.24) is 15.0 Å². The number of anilines is 2. The van der Waals surface area contributed by atoms with Crippen molar-refractivity contribution in [2.24, 2.45) is 0 Å². The molecule has 0 aliphatic rings. The number of rotatable bonds is 5. The molecule has 0 spiro atoms. The third kappa shape index (κ3) is 3.79. The van der Waals surface area contributed by atoms with Gasteiger partial charge < -0.3 is 15.4 Å². The summed E-state index contributed by atoms with van der Waals surface area (Å²) < 4.78 is 5.08. The fourth-order valence-electron chi connectivity index (χ4n) is 1.22. The molecule has 0 aromatic carbocycles. The van der Waals surface area contributed by atoms with E-state index in [9.17, 15) is 0 Å².